The van der Waals surface area contributed by atoms with Crippen LogP contribution in [0, 0.1) is 11.3 Å². The highest BCUT2D eigenvalue weighted by Crippen LogP contribution is 2.29. The van der Waals surface area contributed by atoms with Gasteiger partial charge in [-0.25, -0.2) is 0 Å². The molecule has 0 aliphatic carbocycles. The molecule has 0 amide bonds. The fraction of sp³-hybridized carbons (Fsp3) is 0.167. The van der Waals surface area contributed by atoms with Crippen molar-refractivity contribution in [3.8, 4) is 17.6 Å². The van der Waals surface area contributed by atoms with E-state index in [1.54, 1.807) is 12.3 Å². The number of rotatable bonds is 9. The molecule has 0 radical (unpaired) electrons. The van der Waals surface area contributed by atoms with Gasteiger partial charge in [0.15, 0.2) is 11.5 Å². The Labute approximate surface area is 181 Å². The average Bonchev–Trinajstić information content (AvgIpc) is 2.77. The van der Waals surface area contributed by atoms with Crippen LogP contribution in [0.15, 0.2) is 71.9 Å². The van der Waals surface area contributed by atoms with Gasteiger partial charge in [0.25, 0.3) is 0 Å². The van der Waals surface area contributed by atoms with E-state index in [1.165, 1.54) is 0 Å². The van der Waals surface area contributed by atoms with Crippen molar-refractivity contribution in [2.24, 2.45) is 5.16 Å². The van der Waals surface area contributed by atoms with Gasteiger partial charge in [-0.1, -0.05) is 47.1 Å². The lowest BCUT2D eigenvalue weighted by molar-refractivity contribution is 0.132. The molecule has 0 heterocycles. The topological polar surface area (TPSA) is 63.8 Å². The number of hydrogen-bond acceptors (Lipinski definition) is 5. The summed E-state index contributed by atoms with van der Waals surface area (Å²) in [5.41, 5.74) is 3.19. The van der Waals surface area contributed by atoms with Gasteiger partial charge in [-0.05, 0) is 48.9 Å². The van der Waals surface area contributed by atoms with Crippen molar-refractivity contribution in [3.05, 3.63) is 94.0 Å². The number of halogens is 1. The van der Waals surface area contributed by atoms with Crippen molar-refractivity contribution >= 4 is 17.8 Å². The predicted octanol–water partition coefficient (Wildman–Crippen LogP) is 5.74. The summed E-state index contributed by atoms with van der Waals surface area (Å²) in [5.74, 6) is 1.28. The standard InChI is InChI=1S/C24H21ClN2O3/c1-2-28-24-13-19(15-27-30-17-21-6-4-3-5-20(21)14-26)9-12-23(24)29-16-18-7-10-22(25)11-8-18/h3-13,15H,2,16-17H2,1H3/b27-15-. The monoisotopic (exact) mass is 420 g/mol. The summed E-state index contributed by atoms with van der Waals surface area (Å²) in [5, 5.41) is 13.8. The summed E-state index contributed by atoms with van der Waals surface area (Å²) in [6, 6.07) is 22.5. The molecule has 0 fully saturated rings. The maximum atomic E-state index is 9.11. The van der Waals surface area contributed by atoms with Gasteiger partial charge in [0.2, 0.25) is 0 Å². The van der Waals surface area contributed by atoms with Crippen LogP contribution in [0.4, 0.5) is 0 Å². The van der Waals surface area contributed by atoms with Crippen LogP contribution in [-0.4, -0.2) is 12.8 Å². The van der Waals surface area contributed by atoms with Crippen LogP contribution in [0.3, 0.4) is 0 Å². The van der Waals surface area contributed by atoms with Crippen LogP contribution in [0.2, 0.25) is 5.02 Å². The summed E-state index contributed by atoms with van der Waals surface area (Å²) in [6.07, 6.45) is 1.60. The van der Waals surface area contributed by atoms with Gasteiger partial charge in [0, 0.05) is 16.1 Å². The van der Waals surface area contributed by atoms with Gasteiger partial charge in [-0.15, -0.1) is 0 Å². The van der Waals surface area contributed by atoms with E-state index >= 15 is 0 Å². The van der Waals surface area contributed by atoms with E-state index in [1.807, 2.05) is 67.6 Å². The van der Waals surface area contributed by atoms with Crippen LogP contribution in [-0.2, 0) is 18.1 Å². The van der Waals surface area contributed by atoms with E-state index in [4.69, 9.17) is 31.2 Å². The molecule has 0 unspecified atom stereocenters. The molecule has 0 aliphatic heterocycles. The molecule has 0 saturated heterocycles. The Morgan fingerprint density at radius 3 is 2.53 bits per heavy atom. The van der Waals surface area contributed by atoms with Crippen molar-refractivity contribution in [2.75, 3.05) is 6.61 Å². The smallest absolute Gasteiger partial charge is 0.161 e. The molecule has 3 rings (SSSR count). The fourth-order valence-corrected chi connectivity index (χ4v) is 2.82. The van der Waals surface area contributed by atoms with E-state index in [-0.39, 0.29) is 6.61 Å². The average molecular weight is 421 g/mol. The highest BCUT2D eigenvalue weighted by molar-refractivity contribution is 6.30. The zero-order valence-electron chi connectivity index (χ0n) is 16.5. The van der Waals surface area contributed by atoms with E-state index in [2.05, 4.69) is 11.2 Å². The number of nitriles is 1. The minimum atomic E-state index is 0.223. The summed E-state index contributed by atoms with van der Waals surface area (Å²) in [4.78, 5) is 5.35. The summed E-state index contributed by atoms with van der Waals surface area (Å²) in [7, 11) is 0. The summed E-state index contributed by atoms with van der Waals surface area (Å²) in [6.45, 7) is 3.06. The predicted molar refractivity (Wildman–Crippen MR) is 117 cm³/mol. The van der Waals surface area contributed by atoms with Gasteiger partial charge in [0.05, 0.1) is 24.5 Å². The molecule has 3 aromatic carbocycles. The second-order valence-electron chi connectivity index (χ2n) is 6.33. The van der Waals surface area contributed by atoms with Crippen molar-refractivity contribution in [1.82, 2.24) is 0 Å². The Hall–Kier alpha value is -3.49. The molecule has 0 spiro atoms. The Morgan fingerprint density at radius 1 is 0.967 bits per heavy atom. The number of nitrogens with zero attached hydrogens (tertiary/aromatic N) is 2. The SMILES string of the molecule is CCOc1cc(/C=N\OCc2ccccc2C#N)ccc1OCc1ccc(Cl)cc1. The number of benzene rings is 3. The van der Waals surface area contributed by atoms with Crippen LogP contribution >= 0.6 is 11.6 Å². The maximum Gasteiger partial charge on any atom is 0.161 e. The summed E-state index contributed by atoms with van der Waals surface area (Å²) < 4.78 is 11.6. The molecule has 152 valence electrons. The zero-order chi connectivity index (χ0) is 21.2. The number of ether oxygens (including phenoxy) is 2. The molecule has 0 atom stereocenters. The van der Waals surface area contributed by atoms with Crippen molar-refractivity contribution in [2.45, 2.75) is 20.1 Å². The van der Waals surface area contributed by atoms with Crippen LogP contribution in [0.25, 0.3) is 0 Å². The first-order valence-corrected chi connectivity index (χ1v) is 9.85. The normalized spacial score (nSPS) is 10.6. The first-order valence-electron chi connectivity index (χ1n) is 9.47. The van der Waals surface area contributed by atoms with Gasteiger partial charge in [-0.3, -0.25) is 0 Å². The minimum absolute atomic E-state index is 0.223. The van der Waals surface area contributed by atoms with Gasteiger partial charge in [-0.2, -0.15) is 5.26 Å². The molecule has 3 aromatic rings. The fourth-order valence-electron chi connectivity index (χ4n) is 2.69. The Morgan fingerprint density at radius 2 is 1.77 bits per heavy atom. The lowest BCUT2D eigenvalue weighted by Gasteiger charge is -2.12. The van der Waals surface area contributed by atoms with Gasteiger partial charge >= 0.3 is 0 Å². The number of oxime groups is 1. The number of hydrogen-bond donors (Lipinski definition) is 0. The summed E-state index contributed by atoms with van der Waals surface area (Å²) >= 11 is 5.92. The van der Waals surface area contributed by atoms with Crippen LogP contribution < -0.4 is 9.47 Å². The molecule has 30 heavy (non-hydrogen) atoms. The zero-order valence-corrected chi connectivity index (χ0v) is 17.3. The second-order valence-corrected chi connectivity index (χ2v) is 6.77. The molecule has 0 aromatic heterocycles. The van der Waals surface area contributed by atoms with E-state index in [0.717, 1.165) is 16.7 Å². The molecule has 0 bridgehead atoms. The Balaban J connectivity index is 1.62. The van der Waals surface area contributed by atoms with E-state index in [9.17, 15) is 0 Å². The lowest BCUT2D eigenvalue weighted by Crippen LogP contribution is -2.00. The van der Waals surface area contributed by atoms with Crippen LogP contribution in [0.5, 0.6) is 11.5 Å². The molecular formula is C24H21ClN2O3. The van der Waals surface area contributed by atoms with Crippen molar-refractivity contribution in [3.63, 3.8) is 0 Å². The highest BCUT2D eigenvalue weighted by atomic mass is 35.5. The third-order valence-corrected chi connectivity index (χ3v) is 4.46. The largest absolute Gasteiger partial charge is 0.490 e. The molecular weight excluding hydrogens is 400 g/mol. The van der Waals surface area contributed by atoms with Crippen molar-refractivity contribution < 1.29 is 14.3 Å². The first-order chi connectivity index (χ1) is 14.7. The Bertz CT molecular complexity index is 1040. The van der Waals surface area contributed by atoms with Crippen LogP contribution in [0.1, 0.15) is 29.2 Å². The highest BCUT2D eigenvalue weighted by Gasteiger charge is 2.07. The van der Waals surface area contributed by atoms with Crippen molar-refractivity contribution in [1.29, 1.82) is 5.26 Å². The minimum Gasteiger partial charge on any atom is -0.490 e. The molecule has 6 heteroatoms. The molecule has 0 N–H and O–H groups in total. The quantitative estimate of drug-likeness (QED) is 0.327. The van der Waals surface area contributed by atoms with Gasteiger partial charge < -0.3 is 14.3 Å². The Kier molecular flexibility index (Phi) is 7.71. The molecule has 0 saturated carbocycles. The third kappa shape index (κ3) is 6.00. The molecule has 0 aliphatic rings. The maximum absolute atomic E-state index is 9.11. The first kappa shape index (κ1) is 21.2. The van der Waals surface area contributed by atoms with E-state index in [0.29, 0.717) is 35.3 Å². The van der Waals surface area contributed by atoms with Gasteiger partial charge in [0.1, 0.15) is 13.2 Å². The third-order valence-electron chi connectivity index (χ3n) is 4.21. The second kappa shape index (κ2) is 10.9. The van der Waals surface area contributed by atoms with E-state index < -0.39 is 0 Å². The lowest BCUT2D eigenvalue weighted by atomic mass is 10.1. The molecule has 5 nitrogen and oxygen atoms in total.